The van der Waals surface area contributed by atoms with Crippen molar-refractivity contribution in [2.24, 2.45) is 11.7 Å². The van der Waals surface area contributed by atoms with E-state index in [-0.39, 0.29) is 17.0 Å². The van der Waals surface area contributed by atoms with Gasteiger partial charge in [-0.15, -0.1) is 0 Å². The highest BCUT2D eigenvalue weighted by Crippen LogP contribution is 2.30. The molecule has 2 rings (SSSR count). The molecule has 1 heterocycles. The van der Waals surface area contributed by atoms with Gasteiger partial charge >= 0.3 is 5.00 Å². The molecule has 2 unspecified atom stereocenters. The SMILES string of the molecule is CCN(C(=O)c1csc([N+](=O)[O-])c1)C1CCCCC1CN. The van der Waals surface area contributed by atoms with Gasteiger partial charge in [0.2, 0.25) is 0 Å². The van der Waals surface area contributed by atoms with Gasteiger partial charge in [-0.3, -0.25) is 14.9 Å². The zero-order valence-corrected chi connectivity index (χ0v) is 13.0. The fourth-order valence-electron chi connectivity index (χ4n) is 3.10. The number of amides is 1. The minimum atomic E-state index is -0.457. The van der Waals surface area contributed by atoms with Gasteiger partial charge in [-0.05, 0) is 32.2 Å². The molecule has 1 aliphatic carbocycles. The molecule has 0 aliphatic heterocycles. The van der Waals surface area contributed by atoms with Gasteiger partial charge < -0.3 is 10.6 Å². The molecule has 1 aromatic rings. The van der Waals surface area contributed by atoms with Gasteiger partial charge in [-0.2, -0.15) is 0 Å². The first-order valence-electron chi connectivity index (χ1n) is 7.32. The fraction of sp³-hybridized carbons (Fsp3) is 0.643. The number of carbonyl (C=O) groups excluding carboxylic acids is 1. The molecule has 0 aromatic carbocycles. The molecule has 116 valence electrons. The molecule has 1 aliphatic rings. The highest BCUT2D eigenvalue weighted by molar-refractivity contribution is 7.13. The largest absolute Gasteiger partial charge is 0.336 e. The Balaban J connectivity index is 2.18. The number of hydrogen-bond donors (Lipinski definition) is 1. The van der Waals surface area contributed by atoms with Gasteiger partial charge in [0.15, 0.2) is 0 Å². The average Bonchev–Trinajstić information content (AvgIpc) is 2.98. The third kappa shape index (κ3) is 3.41. The predicted molar refractivity (Wildman–Crippen MR) is 82.5 cm³/mol. The lowest BCUT2D eigenvalue weighted by Crippen LogP contribution is -2.47. The van der Waals surface area contributed by atoms with E-state index in [1.54, 1.807) is 5.38 Å². The van der Waals surface area contributed by atoms with Crippen LogP contribution in [0.2, 0.25) is 0 Å². The Bertz CT molecular complexity index is 517. The summed E-state index contributed by atoms with van der Waals surface area (Å²) in [5.74, 6) is 0.212. The van der Waals surface area contributed by atoms with Crippen molar-refractivity contribution in [3.8, 4) is 0 Å². The number of nitrogens with zero attached hydrogens (tertiary/aromatic N) is 2. The zero-order chi connectivity index (χ0) is 15.4. The smallest absolute Gasteiger partial charge is 0.324 e. The Morgan fingerprint density at radius 3 is 2.81 bits per heavy atom. The van der Waals surface area contributed by atoms with E-state index in [4.69, 9.17) is 5.73 Å². The summed E-state index contributed by atoms with van der Waals surface area (Å²) in [5.41, 5.74) is 6.26. The van der Waals surface area contributed by atoms with Crippen LogP contribution in [0.25, 0.3) is 0 Å². The van der Waals surface area contributed by atoms with E-state index in [1.807, 2.05) is 11.8 Å². The van der Waals surface area contributed by atoms with Gasteiger partial charge in [-0.25, -0.2) is 0 Å². The van der Waals surface area contributed by atoms with Gasteiger partial charge in [0.25, 0.3) is 5.91 Å². The molecule has 21 heavy (non-hydrogen) atoms. The van der Waals surface area contributed by atoms with Crippen LogP contribution in [0.1, 0.15) is 43.0 Å². The summed E-state index contributed by atoms with van der Waals surface area (Å²) in [4.78, 5) is 24.8. The van der Waals surface area contributed by atoms with E-state index in [0.29, 0.717) is 24.6 Å². The quantitative estimate of drug-likeness (QED) is 0.668. The highest BCUT2D eigenvalue weighted by Gasteiger charge is 2.32. The molecule has 7 heteroatoms. The number of carbonyl (C=O) groups is 1. The Morgan fingerprint density at radius 1 is 1.52 bits per heavy atom. The maximum absolute atomic E-state index is 12.6. The molecule has 6 nitrogen and oxygen atoms in total. The highest BCUT2D eigenvalue weighted by atomic mass is 32.1. The summed E-state index contributed by atoms with van der Waals surface area (Å²) in [6.45, 7) is 3.13. The van der Waals surface area contributed by atoms with Gasteiger partial charge in [0.05, 0.1) is 10.5 Å². The molecule has 0 bridgehead atoms. The van der Waals surface area contributed by atoms with Crippen LogP contribution in [0.4, 0.5) is 5.00 Å². The summed E-state index contributed by atoms with van der Waals surface area (Å²) in [5, 5.41) is 12.3. The maximum atomic E-state index is 12.6. The summed E-state index contributed by atoms with van der Waals surface area (Å²) in [7, 11) is 0. The maximum Gasteiger partial charge on any atom is 0.324 e. The molecular weight excluding hydrogens is 290 g/mol. The van der Waals surface area contributed by atoms with Gasteiger partial charge in [-0.1, -0.05) is 24.2 Å². The molecule has 0 spiro atoms. The molecule has 1 saturated carbocycles. The first-order valence-corrected chi connectivity index (χ1v) is 8.20. The van der Waals surface area contributed by atoms with Crippen molar-refractivity contribution in [3.63, 3.8) is 0 Å². The van der Waals surface area contributed by atoms with Crippen LogP contribution < -0.4 is 5.73 Å². The van der Waals surface area contributed by atoms with Crippen molar-refractivity contribution in [2.75, 3.05) is 13.1 Å². The minimum absolute atomic E-state index is 0.00780. The molecule has 1 aromatic heterocycles. The van der Waals surface area contributed by atoms with Crippen LogP contribution >= 0.6 is 11.3 Å². The zero-order valence-electron chi connectivity index (χ0n) is 12.2. The first-order chi connectivity index (χ1) is 10.1. The summed E-state index contributed by atoms with van der Waals surface area (Å²) >= 11 is 0.996. The Labute approximate surface area is 128 Å². The predicted octanol–water partition coefficient (Wildman–Crippen LogP) is 2.64. The topological polar surface area (TPSA) is 89.5 Å². The number of nitro groups is 1. The molecule has 2 atom stereocenters. The summed E-state index contributed by atoms with van der Waals surface area (Å²) in [6.07, 6.45) is 4.28. The van der Waals surface area contributed by atoms with Crippen molar-refractivity contribution in [1.82, 2.24) is 4.90 Å². The molecular formula is C14H21N3O3S. The molecule has 0 saturated heterocycles. The van der Waals surface area contributed by atoms with Gasteiger partial charge in [0.1, 0.15) is 0 Å². The van der Waals surface area contributed by atoms with E-state index in [2.05, 4.69) is 0 Å². The monoisotopic (exact) mass is 311 g/mol. The fourth-order valence-corrected chi connectivity index (χ4v) is 3.80. The van der Waals surface area contributed by atoms with Crippen LogP contribution in [0.3, 0.4) is 0 Å². The second-order valence-corrected chi connectivity index (χ2v) is 6.26. The third-order valence-electron chi connectivity index (χ3n) is 4.19. The molecule has 1 amide bonds. The van der Waals surface area contributed by atoms with Crippen molar-refractivity contribution >= 4 is 22.2 Å². The van der Waals surface area contributed by atoms with E-state index >= 15 is 0 Å². The standard InChI is InChI=1S/C14H21N3O3S/c1-2-16(12-6-4-3-5-10(12)8-15)14(18)11-7-13(17(19)20)21-9-11/h7,9-10,12H,2-6,8,15H2,1H3. The summed E-state index contributed by atoms with van der Waals surface area (Å²) in [6, 6.07) is 1.52. The van der Waals surface area contributed by atoms with Crippen LogP contribution in [0.15, 0.2) is 11.4 Å². The molecule has 2 N–H and O–H groups in total. The second kappa shape index (κ2) is 7.00. The van der Waals surface area contributed by atoms with Crippen LogP contribution in [-0.2, 0) is 0 Å². The van der Waals surface area contributed by atoms with E-state index < -0.39 is 4.92 Å². The van der Waals surface area contributed by atoms with Gasteiger partial charge in [0, 0.05) is 24.0 Å². The van der Waals surface area contributed by atoms with E-state index in [9.17, 15) is 14.9 Å². The lowest BCUT2D eigenvalue weighted by atomic mass is 9.83. The third-order valence-corrected chi connectivity index (χ3v) is 5.07. The Hall–Kier alpha value is -1.47. The van der Waals surface area contributed by atoms with E-state index in [1.165, 1.54) is 6.07 Å². The van der Waals surface area contributed by atoms with Crippen molar-refractivity contribution < 1.29 is 9.72 Å². The van der Waals surface area contributed by atoms with Crippen LogP contribution in [0, 0.1) is 16.0 Å². The van der Waals surface area contributed by atoms with Crippen LogP contribution in [-0.4, -0.2) is 34.9 Å². The van der Waals surface area contributed by atoms with Crippen molar-refractivity contribution in [1.29, 1.82) is 0 Å². The molecule has 0 radical (unpaired) electrons. The summed E-state index contributed by atoms with van der Waals surface area (Å²) < 4.78 is 0. The number of nitrogens with two attached hydrogens (primary N) is 1. The number of hydrogen-bond acceptors (Lipinski definition) is 5. The first kappa shape index (κ1) is 15.9. The minimum Gasteiger partial charge on any atom is -0.336 e. The lowest BCUT2D eigenvalue weighted by molar-refractivity contribution is -0.380. The van der Waals surface area contributed by atoms with Crippen molar-refractivity contribution in [3.05, 3.63) is 27.1 Å². The number of rotatable bonds is 5. The Kier molecular flexibility index (Phi) is 5.30. The lowest BCUT2D eigenvalue weighted by Gasteiger charge is -2.39. The number of thiophene rings is 1. The normalized spacial score (nSPS) is 22.0. The molecule has 1 fully saturated rings. The van der Waals surface area contributed by atoms with E-state index in [0.717, 1.165) is 37.0 Å². The second-order valence-electron chi connectivity index (χ2n) is 5.37. The van der Waals surface area contributed by atoms with Crippen LogP contribution in [0.5, 0.6) is 0 Å². The Morgan fingerprint density at radius 2 is 2.24 bits per heavy atom. The van der Waals surface area contributed by atoms with Crippen molar-refractivity contribution in [2.45, 2.75) is 38.6 Å². The average molecular weight is 311 g/mol.